The molecular formula is C20H23FN10O11P2. The van der Waals surface area contributed by atoms with Crippen LogP contribution in [0.4, 0.5) is 10.2 Å². The van der Waals surface area contributed by atoms with Gasteiger partial charge >= 0.3 is 15.6 Å². The number of aromatic nitrogens is 4. The van der Waals surface area contributed by atoms with Crippen molar-refractivity contribution in [2.24, 2.45) is 9.98 Å². The largest absolute Gasteiger partial charge is 0.472 e. The van der Waals surface area contributed by atoms with E-state index in [0.717, 1.165) is 10.9 Å². The zero-order valence-corrected chi connectivity index (χ0v) is 23.8. The standard InChI is InChI=1S/C20H23FN10O11P2/c21-10-13-9(40-19(10)30-5-26-11-14(22)24-4-25-15(11)30)3-38-43(33,34)41-8-1-7(2-37-44(35,36)42-13)39-18(8)31-6-27-12-16(31)28-20(23)29-17(12)32/h4-10,12-13,18-19H,1-3H2,(H,33,34)(H,35,36)(H2,22,24,25)(H2,23,29,32)/t7-,8-,9+,10-,12?,13?,18+,19+/m0/s1. The molecule has 5 aliphatic heterocycles. The fourth-order valence-corrected chi connectivity index (χ4v) is 7.26. The minimum Gasteiger partial charge on any atom is -0.382 e. The number of phosphoric acid groups is 2. The number of nitrogen functional groups attached to an aromatic ring is 1. The number of halogens is 1. The van der Waals surface area contributed by atoms with Crippen LogP contribution in [-0.4, -0.2) is 114 Å². The summed E-state index contributed by atoms with van der Waals surface area (Å²) in [5, 5.41) is 9.96. The van der Waals surface area contributed by atoms with Crippen LogP contribution in [0.5, 0.6) is 0 Å². The number of rotatable bonds is 2. The number of carbonyl (C=O) groups excluding carboxylic acids is 1. The number of nitrogens with one attached hydrogen (secondary N) is 2. The number of fused-ring (bicyclic) bond motifs is 5. The zero-order chi connectivity index (χ0) is 31.0. The van der Waals surface area contributed by atoms with E-state index in [2.05, 4.69) is 30.3 Å². The number of amidine groups is 1. The van der Waals surface area contributed by atoms with E-state index >= 15 is 4.39 Å². The lowest BCUT2D eigenvalue weighted by molar-refractivity contribution is -0.119. The normalized spacial score (nSPS) is 41.0. The molecule has 6 N–H and O–H groups in total. The first-order chi connectivity index (χ1) is 20.9. The number of hydrogen-bond acceptors (Lipinski definition) is 16. The molecule has 236 valence electrons. The van der Waals surface area contributed by atoms with Crippen LogP contribution in [0, 0.1) is 5.41 Å². The summed E-state index contributed by atoms with van der Waals surface area (Å²) in [5.41, 5.74) is 6.03. The van der Waals surface area contributed by atoms with E-state index < -0.39 is 89.8 Å². The minimum atomic E-state index is -5.01. The van der Waals surface area contributed by atoms with Crippen LogP contribution in [0.25, 0.3) is 11.2 Å². The Bertz CT molecular complexity index is 1690. The highest BCUT2D eigenvalue weighted by Crippen LogP contribution is 2.53. The molecule has 10 atom stereocenters. The van der Waals surface area contributed by atoms with Crippen molar-refractivity contribution in [3.8, 4) is 0 Å². The molecule has 0 aromatic carbocycles. The lowest BCUT2D eigenvalue weighted by atomic mass is 10.1. The Morgan fingerprint density at radius 3 is 2.66 bits per heavy atom. The second kappa shape index (κ2) is 10.7. The van der Waals surface area contributed by atoms with Gasteiger partial charge in [0, 0.05) is 6.42 Å². The van der Waals surface area contributed by atoms with Gasteiger partial charge in [-0.25, -0.2) is 28.5 Å². The summed E-state index contributed by atoms with van der Waals surface area (Å²) in [6.07, 6.45) is -7.30. The monoisotopic (exact) mass is 660 g/mol. The van der Waals surface area contributed by atoms with Crippen molar-refractivity contribution < 1.29 is 55.7 Å². The van der Waals surface area contributed by atoms with Gasteiger partial charge in [0.05, 0.1) is 32.0 Å². The molecule has 3 saturated heterocycles. The Morgan fingerprint density at radius 2 is 1.84 bits per heavy atom. The fraction of sp³-hybridized carbons (Fsp3) is 0.550. The lowest BCUT2D eigenvalue weighted by Gasteiger charge is -2.31. The minimum absolute atomic E-state index is 0.00818. The molecule has 44 heavy (non-hydrogen) atoms. The second-order valence-corrected chi connectivity index (χ2v) is 12.9. The summed E-state index contributed by atoms with van der Waals surface area (Å²) in [4.78, 5) is 54.6. The predicted octanol–water partition coefficient (Wildman–Crippen LogP) is -1.05. The van der Waals surface area contributed by atoms with Gasteiger partial charge in [-0.05, 0) is 0 Å². The van der Waals surface area contributed by atoms with E-state index in [9.17, 15) is 23.7 Å². The van der Waals surface area contributed by atoms with E-state index in [1.807, 2.05) is 0 Å². The van der Waals surface area contributed by atoms with Crippen molar-refractivity contribution in [1.29, 1.82) is 5.41 Å². The molecule has 7 heterocycles. The third-order valence-electron chi connectivity index (χ3n) is 7.26. The predicted molar refractivity (Wildman–Crippen MR) is 141 cm³/mol. The van der Waals surface area contributed by atoms with E-state index in [1.54, 1.807) is 0 Å². The average Bonchev–Trinajstić information content (AvgIpc) is 3.72. The van der Waals surface area contributed by atoms with Gasteiger partial charge in [-0.15, -0.1) is 0 Å². The van der Waals surface area contributed by atoms with Crippen molar-refractivity contribution in [2.75, 3.05) is 18.9 Å². The number of aliphatic imine (C=N–C) groups is 2. The number of ether oxygens (including phenoxy) is 2. The van der Waals surface area contributed by atoms with Crippen LogP contribution in [0.3, 0.4) is 0 Å². The summed E-state index contributed by atoms with van der Waals surface area (Å²) in [7, 11) is -9.97. The fourth-order valence-electron chi connectivity index (χ4n) is 5.36. The van der Waals surface area contributed by atoms with E-state index in [0.29, 0.717) is 0 Å². The van der Waals surface area contributed by atoms with Crippen LogP contribution >= 0.6 is 15.6 Å². The number of amides is 1. The number of phosphoric ester groups is 2. The number of guanidine groups is 1. The topological polar surface area (TPSA) is 281 Å². The molecular weight excluding hydrogens is 637 g/mol. The molecule has 0 radical (unpaired) electrons. The second-order valence-electron chi connectivity index (χ2n) is 10.1. The van der Waals surface area contributed by atoms with Gasteiger partial charge in [-0.3, -0.25) is 48.1 Å². The van der Waals surface area contributed by atoms with Gasteiger partial charge in [0.2, 0.25) is 5.96 Å². The maximum Gasteiger partial charge on any atom is 0.472 e. The van der Waals surface area contributed by atoms with Crippen LogP contribution < -0.4 is 11.1 Å². The number of carbonyl (C=O) groups is 1. The zero-order valence-electron chi connectivity index (χ0n) is 22.0. The summed E-state index contributed by atoms with van der Waals surface area (Å²) in [5.74, 6) is -1.08. The van der Waals surface area contributed by atoms with E-state index in [-0.39, 0.29) is 29.2 Å². The van der Waals surface area contributed by atoms with Gasteiger partial charge in [0.25, 0.3) is 5.91 Å². The molecule has 2 aromatic rings. The number of nitrogens with zero attached hydrogens (tertiary/aromatic N) is 7. The Balaban J connectivity index is 1.15. The first-order valence-electron chi connectivity index (χ1n) is 12.9. The quantitative estimate of drug-likeness (QED) is 0.240. The highest BCUT2D eigenvalue weighted by Gasteiger charge is 2.53. The summed E-state index contributed by atoms with van der Waals surface area (Å²) < 4.78 is 75.6. The Morgan fingerprint density at radius 1 is 1.07 bits per heavy atom. The lowest BCUT2D eigenvalue weighted by Crippen LogP contribution is -2.52. The summed E-state index contributed by atoms with van der Waals surface area (Å²) >= 11 is 0. The Labute approximate surface area is 244 Å². The molecule has 1 amide bonds. The van der Waals surface area contributed by atoms with Crippen molar-refractivity contribution in [2.45, 2.75) is 55.5 Å². The molecule has 0 spiro atoms. The van der Waals surface area contributed by atoms with Crippen LogP contribution in [0.2, 0.25) is 0 Å². The summed E-state index contributed by atoms with van der Waals surface area (Å²) in [6.45, 7) is -1.43. The maximum absolute atomic E-state index is 15.8. The molecule has 2 bridgehead atoms. The van der Waals surface area contributed by atoms with Crippen LogP contribution in [0.1, 0.15) is 12.6 Å². The molecule has 5 aliphatic rings. The van der Waals surface area contributed by atoms with Gasteiger partial charge in [0.1, 0.15) is 30.2 Å². The Hall–Kier alpha value is -3.30. The molecule has 24 heteroatoms. The average molecular weight is 660 g/mol. The first kappa shape index (κ1) is 29.4. The highest BCUT2D eigenvalue weighted by atomic mass is 31.2. The Kier molecular flexibility index (Phi) is 7.12. The van der Waals surface area contributed by atoms with Crippen molar-refractivity contribution in [1.82, 2.24) is 29.7 Å². The molecule has 4 unspecified atom stereocenters. The number of anilines is 1. The van der Waals surface area contributed by atoms with Gasteiger partial charge < -0.3 is 25.0 Å². The summed E-state index contributed by atoms with van der Waals surface area (Å²) in [6, 6.07) is -1.11. The molecule has 21 nitrogen and oxygen atoms in total. The van der Waals surface area contributed by atoms with Gasteiger partial charge in [0.15, 0.2) is 42.0 Å². The van der Waals surface area contributed by atoms with Crippen LogP contribution in [-0.2, 0) is 41.5 Å². The first-order valence-corrected chi connectivity index (χ1v) is 15.9. The highest BCUT2D eigenvalue weighted by molar-refractivity contribution is 7.47. The van der Waals surface area contributed by atoms with Gasteiger partial charge in [-0.2, -0.15) is 4.99 Å². The smallest absolute Gasteiger partial charge is 0.382 e. The number of hydrogen-bond donors (Lipinski definition) is 5. The number of nitrogens with two attached hydrogens (primary N) is 1. The molecule has 0 aliphatic carbocycles. The molecule has 2 aromatic heterocycles. The van der Waals surface area contributed by atoms with Crippen molar-refractivity contribution in [3.63, 3.8) is 0 Å². The maximum atomic E-state index is 15.8. The SMILES string of the molecule is N=C1N=C2C(N=CN2[C@@H]2O[C@@H]3COP(=O)(O)OC4[C@@H](COP(=O)(O)O[C@H]2C3)O[C@@H](n2cnc3c(N)ncnc32)[C@H]4F)C(=O)N1. The third kappa shape index (κ3) is 5.21. The van der Waals surface area contributed by atoms with E-state index in [4.69, 9.17) is 38.7 Å². The van der Waals surface area contributed by atoms with Gasteiger partial charge in [-0.1, -0.05) is 0 Å². The molecule has 7 rings (SSSR count). The van der Waals surface area contributed by atoms with E-state index in [1.165, 1.54) is 17.6 Å². The molecule has 3 fully saturated rings. The molecule has 0 saturated carbocycles. The number of imidazole rings is 1. The van der Waals surface area contributed by atoms with Crippen molar-refractivity contribution >= 4 is 56.7 Å². The van der Waals surface area contributed by atoms with Crippen LogP contribution in [0.15, 0.2) is 22.6 Å². The van der Waals surface area contributed by atoms with Crippen molar-refractivity contribution in [3.05, 3.63) is 12.7 Å². The third-order valence-corrected chi connectivity index (χ3v) is 9.26. The number of alkyl halides is 1.